The Hall–Kier alpha value is -1.35. The lowest BCUT2D eigenvalue weighted by molar-refractivity contribution is -0.127. The van der Waals surface area contributed by atoms with Gasteiger partial charge in [-0.2, -0.15) is 0 Å². The topological polar surface area (TPSA) is 55.1 Å². The molecule has 0 aromatic heterocycles. The standard InChI is InChI=1S/C18H28N2O/c1-18(2,13-12-14-6-4-3-5-7-14)20-17(21)15-8-10-16(19)11-9-15/h3-7,15-16H,8-13,19H2,1-2H3,(H,20,21). The molecule has 1 saturated carbocycles. The fourth-order valence-electron chi connectivity index (χ4n) is 2.98. The van der Waals surface area contributed by atoms with Crippen molar-refractivity contribution >= 4 is 5.91 Å². The van der Waals surface area contributed by atoms with Crippen LogP contribution in [0, 0.1) is 5.92 Å². The number of amides is 1. The highest BCUT2D eigenvalue weighted by atomic mass is 16.2. The molecule has 2 rings (SSSR count). The molecule has 0 aliphatic heterocycles. The summed E-state index contributed by atoms with van der Waals surface area (Å²) >= 11 is 0. The number of carbonyl (C=O) groups excluding carboxylic acids is 1. The first-order valence-electron chi connectivity index (χ1n) is 8.08. The zero-order chi connectivity index (χ0) is 15.3. The van der Waals surface area contributed by atoms with Crippen LogP contribution in [-0.4, -0.2) is 17.5 Å². The number of nitrogens with two attached hydrogens (primary N) is 1. The first-order valence-corrected chi connectivity index (χ1v) is 8.08. The number of rotatable bonds is 5. The van der Waals surface area contributed by atoms with Gasteiger partial charge < -0.3 is 11.1 Å². The molecule has 1 fully saturated rings. The van der Waals surface area contributed by atoms with Crippen LogP contribution in [-0.2, 0) is 11.2 Å². The third kappa shape index (κ3) is 5.16. The zero-order valence-electron chi connectivity index (χ0n) is 13.3. The predicted octanol–water partition coefficient (Wildman–Crippen LogP) is 3.03. The van der Waals surface area contributed by atoms with E-state index in [9.17, 15) is 4.79 Å². The van der Waals surface area contributed by atoms with Crippen LogP contribution in [0.3, 0.4) is 0 Å². The van der Waals surface area contributed by atoms with Crippen LogP contribution in [0.25, 0.3) is 0 Å². The molecule has 0 bridgehead atoms. The van der Waals surface area contributed by atoms with Gasteiger partial charge in [0.15, 0.2) is 0 Å². The number of benzene rings is 1. The predicted molar refractivity (Wildman–Crippen MR) is 86.9 cm³/mol. The molecular weight excluding hydrogens is 260 g/mol. The normalized spacial score (nSPS) is 22.8. The Morgan fingerprint density at radius 1 is 1.19 bits per heavy atom. The van der Waals surface area contributed by atoms with Crippen molar-refractivity contribution in [2.75, 3.05) is 0 Å². The Balaban J connectivity index is 1.81. The largest absolute Gasteiger partial charge is 0.351 e. The molecule has 0 radical (unpaired) electrons. The first-order chi connectivity index (χ1) is 9.96. The van der Waals surface area contributed by atoms with Crippen LogP contribution in [0.15, 0.2) is 30.3 Å². The van der Waals surface area contributed by atoms with E-state index in [2.05, 4.69) is 43.4 Å². The Labute approximate surface area is 128 Å². The van der Waals surface area contributed by atoms with Crippen molar-refractivity contribution in [2.24, 2.45) is 11.7 Å². The van der Waals surface area contributed by atoms with Gasteiger partial charge in [-0.25, -0.2) is 0 Å². The van der Waals surface area contributed by atoms with Gasteiger partial charge in [0.1, 0.15) is 0 Å². The van der Waals surface area contributed by atoms with Crippen molar-refractivity contribution in [3.05, 3.63) is 35.9 Å². The second kappa shape index (κ2) is 7.08. The summed E-state index contributed by atoms with van der Waals surface area (Å²) < 4.78 is 0. The van der Waals surface area contributed by atoms with Gasteiger partial charge in [0.2, 0.25) is 5.91 Å². The molecule has 0 spiro atoms. The highest BCUT2D eigenvalue weighted by Crippen LogP contribution is 2.24. The van der Waals surface area contributed by atoms with E-state index in [0.29, 0.717) is 6.04 Å². The summed E-state index contributed by atoms with van der Waals surface area (Å²) in [4.78, 5) is 12.4. The number of hydrogen-bond acceptors (Lipinski definition) is 2. The summed E-state index contributed by atoms with van der Waals surface area (Å²) in [5.74, 6) is 0.362. The van der Waals surface area contributed by atoms with Crippen LogP contribution < -0.4 is 11.1 Å². The quantitative estimate of drug-likeness (QED) is 0.875. The molecule has 3 N–H and O–H groups in total. The lowest BCUT2D eigenvalue weighted by atomic mass is 9.85. The van der Waals surface area contributed by atoms with E-state index in [0.717, 1.165) is 38.5 Å². The third-order valence-electron chi connectivity index (χ3n) is 4.49. The van der Waals surface area contributed by atoms with Crippen molar-refractivity contribution in [2.45, 2.75) is 64.0 Å². The lowest BCUT2D eigenvalue weighted by Gasteiger charge is -2.31. The third-order valence-corrected chi connectivity index (χ3v) is 4.49. The number of aryl methyl sites for hydroxylation is 1. The Morgan fingerprint density at radius 3 is 2.43 bits per heavy atom. The van der Waals surface area contributed by atoms with Gasteiger partial charge in [0.05, 0.1) is 0 Å². The highest BCUT2D eigenvalue weighted by molar-refractivity contribution is 5.79. The number of nitrogens with one attached hydrogen (secondary N) is 1. The number of carbonyl (C=O) groups is 1. The summed E-state index contributed by atoms with van der Waals surface area (Å²) in [5.41, 5.74) is 7.07. The van der Waals surface area contributed by atoms with Crippen LogP contribution in [0.5, 0.6) is 0 Å². The van der Waals surface area contributed by atoms with Crippen LogP contribution in [0.1, 0.15) is 51.5 Å². The maximum Gasteiger partial charge on any atom is 0.223 e. The Bertz CT molecular complexity index is 448. The maximum absolute atomic E-state index is 12.4. The van der Waals surface area contributed by atoms with Gasteiger partial charge in [-0.15, -0.1) is 0 Å². The molecular formula is C18H28N2O. The first kappa shape index (κ1) is 16.0. The molecule has 0 unspecified atom stereocenters. The van der Waals surface area contributed by atoms with Crippen LogP contribution in [0.4, 0.5) is 0 Å². The zero-order valence-corrected chi connectivity index (χ0v) is 13.3. The van der Waals surface area contributed by atoms with Crippen LogP contribution in [0.2, 0.25) is 0 Å². The molecule has 1 aliphatic rings. The molecule has 0 atom stereocenters. The molecule has 1 aromatic rings. The molecule has 0 saturated heterocycles. The molecule has 0 heterocycles. The van der Waals surface area contributed by atoms with E-state index in [1.165, 1.54) is 5.56 Å². The van der Waals surface area contributed by atoms with Gasteiger partial charge in [-0.1, -0.05) is 30.3 Å². The SMILES string of the molecule is CC(C)(CCc1ccccc1)NC(=O)C1CCC(N)CC1. The molecule has 116 valence electrons. The van der Waals surface area contributed by atoms with E-state index in [1.807, 2.05) is 6.07 Å². The van der Waals surface area contributed by atoms with Crippen LogP contribution >= 0.6 is 0 Å². The van der Waals surface area contributed by atoms with Crippen molar-refractivity contribution in [1.82, 2.24) is 5.32 Å². The Kier molecular flexibility index (Phi) is 5.40. The van der Waals surface area contributed by atoms with Gasteiger partial charge in [-0.3, -0.25) is 4.79 Å². The fraction of sp³-hybridized carbons (Fsp3) is 0.611. The molecule has 3 heteroatoms. The Morgan fingerprint density at radius 2 is 1.81 bits per heavy atom. The summed E-state index contributed by atoms with van der Waals surface area (Å²) in [6, 6.07) is 10.7. The summed E-state index contributed by atoms with van der Waals surface area (Å²) in [7, 11) is 0. The molecule has 1 amide bonds. The van der Waals surface area contributed by atoms with E-state index < -0.39 is 0 Å². The van der Waals surface area contributed by atoms with Gasteiger partial charge in [0.25, 0.3) is 0 Å². The lowest BCUT2D eigenvalue weighted by Crippen LogP contribution is -2.47. The van der Waals surface area contributed by atoms with E-state index in [-0.39, 0.29) is 17.4 Å². The minimum Gasteiger partial charge on any atom is -0.351 e. The van der Waals surface area contributed by atoms with Gasteiger partial charge in [0, 0.05) is 17.5 Å². The second-order valence-corrected chi connectivity index (χ2v) is 6.97. The number of hydrogen-bond donors (Lipinski definition) is 2. The van der Waals surface area contributed by atoms with Crippen molar-refractivity contribution in [3.63, 3.8) is 0 Å². The minimum atomic E-state index is -0.160. The highest BCUT2D eigenvalue weighted by Gasteiger charge is 2.28. The maximum atomic E-state index is 12.4. The molecule has 3 nitrogen and oxygen atoms in total. The average Bonchev–Trinajstić information content (AvgIpc) is 2.46. The van der Waals surface area contributed by atoms with E-state index in [1.54, 1.807) is 0 Å². The summed E-state index contributed by atoms with van der Waals surface area (Å²) in [6.07, 6.45) is 5.76. The fourth-order valence-corrected chi connectivity index (χ4v) is 2.98. The summed E-state index contributed by atoms with van der Waals surface area (Å²) in [5, 5.41) is 3.23. The van der Waals surface area contributed by atoms with Crippen molar-refractivity contribution < 1.29 is 4.79 Å². The minimum absolute atomic E-state index is 0.154. The van der Waals surface area contributed by atoms with Crippen molar-refractivity contribution in [1.29, 1.82) is 0 Å². The molecule has 1 aromatic carbocycles. The second-order valence-electron chi connectivity index (χ2n) is 6.97. The smallest absolute Gasteiger partial charge is 0.223 e. The van der Waals surface area contributed by atoms with E-state index >= 15 is 0 Å². The summed E-state index contributed by atoms with van der Waals surface area (Å²) in [6.45, 7) is 4.23. The van der Waals surface area contributed by atoms with Gasteiger partial charge >= 0.3 is 0 Å². The molecule has 21 heavy (non-hydrogen) atoms. The van der Waals surface area contributed by atoms with Gasteiger partial charge in [-0.05, 0) is 57.9 Å². The molecule has 1 aliphatic carbocycles. The average molecular weight is 288 g/mol. The van der Waals surface area contributed by atoms with Crippen molar-refractivity contribution in [3.8, 4) is 0 Å². The monoisotopic (exact) mass is 288 g/mol. The van der Waals surface area contributed by atoms with E-state index in [4.69, 9.17) is 5.73 Å².